The Hall–Kier alpha value is -1.28. The molecule has 1 heterocycles. The van der Waals surface area contributed by atoms with Gasteiger partial charge in [-0.2, -0.15) is 36.4 Å². The fraction of sp³-hybridized carbons (Fsp3) is 0.368. The van der Waals surface area contributed by atoms with Gasteiger partial charge in [-0.25, -0.2) is 0 Å². The first-order chi connectivity index (χ1) is 12.3. The summed E-state index contributed by atoms with van der Waals surface area (Å²) in [5.74, 6) is 0. The quantitative estimate of drug-likeness (QED) is 0.607. The normalized spacial score (nSPS) is 19.8. The minimum Gasteiger partial charge on any atom is -0.184 e. The number of aliphatic hydroxyl groups is 2. The number of hydrogen-bond donors (Lipinski definition) is 2. The molecule has 1 aliphatic heterocycles. The molecule has 6 heteroatoms. The summed E-state index contributed by atoms with van der Waals surface area (Å²) >= 11 is 0.611. The van der Waals surface area contributed by atoms with Crippen molar-refractivity contribution in [3.8, 4) is 0 Å². The van der Waals surface area contributed by atoms with Crippen LogP contribution in [0.2, 0.25) is 0 Å². The number of rotatable bonds is 4. The maximum atomic E-state index is 9.37. The van der Waals surface area contributed by atoms with E-state index in [0.717, 1.165) is 6.54 Å². The SMILES string of the molecule is OC[C@@H]1C[N-]C[C@H](CO)N1Cc1ccccc1.[O]=[Os].[c-]1ccccc1. The van der Waals surface area contributed by atoms with E-state index in [0.29, 0.717) is 31.6 Å². The van der Waals surface area contributed by atoms with Crippen LogP contribution in [0.4, 0.5) is 0 Å². The fourth-order valence-electron chi connectivity index (χ4n) is 2.60. The molecule has 0 aromatic heterocycles. The van der Waals surface area contributed by atoms with Gasteiger partial charge in [-0.1, -0.05) is 30.3 Å². The summed E-state index contributed by atoms with van der Waals surface area (Å²) in [5.41, 5.74) is 1.20. The minimum absolute atomic E-state index is 0.0288. The first-order valence-electron chi connectivity index (χ1n) is 8.05. The molecule has 0 bridgehead atoms. The van der Waals surface area contributed by atoms with Crippen LogP contribution in [0.25, 0.3) is 5.32 Å². The van der Waals surface area contributed by atoms with Crippen LogP contribution in [0.5, 0.6) is 0 Å². The third kappa shape index (κ3) is 8.09. The molecule has 0 spiro atoms. The minimum atomic E-state index is 0.0288. The second-order valence-corrected chi connectivity index (χ2v) is 5.50. The molecule has 138 valence electrons. The Morgan fingerprint density at radius 1 is 0.960 bits per heavy atom. The Bertz CT molecular complexity index is 506. The van der Waals surface area contributed by atoms with Crippen molar-refractivity contribution >= 4 is 0 Å². The van der Waals surface area contributed by atoms with Gasteiger partial charge in [0.2, 0.25) is 0 Å². The van der Waals surface area contributed by atoms with Crippen molar-refractivity contribution in [2.45, 2.75) is 18.6 Å². The van der Waals surface area contributed by atoms with E-state index in [9.17, 15) is 10.2 Å². The number of nitrogens with zero attached hydrogens (tertiary/aromatic N) is 2. The number of hydrogen-bond acceptors (Lipinski definition) is 4. The second-order valence-electron chi connectivity index (χ2n) is 5.50. The van der Waals surface area contributed by atoms with Crippen molar-refractivity contribution in [1.82, 2.24) is 4.90 Å². The Morgan fingerprint density at radius 2 is 1.48 bits per heavy atom. The molecule has 25 heavy (non-hydrogen) atoms. The molecule has 1 saturated heterocycles. The molecular formula is C19H24N2O3Os-2. The molecule has 2 N–H and O–H groups in total. The molecule has 1 fully saturated rings. The molecule has 0 radical (unpaired) electrons. The van der Waals surface area contributed by atoms with Crippen LogP contribution in [-0.2, 0) is 28.6 Å². The van der Waals surface area contributed by atoms with Crippen molar-refractivity contribution in [3.63, 3.8) is 0 Å². The van der Waals surface area contributed by atoms with Crippen LogP contribution >= 0.6 is 0 Å². The summed E-state index contributed by atoms with van der Waals surface area (Å²) in [6.45, 7) is 2.24. The van der Waals surface area contributed by atoms with Gasteiger partial charge in [0.15, 0.2) is 0 Å². The van der Waals surface area contributed by atoms with E-state index in [4.69, 9.17) is 3.54 Å². The van der Waals surface area contributed by atoms with Crippen molar-refractivity contribution in [3.05, 3.63) is 77.6 Å². The Kier molecular flexibility index (Phi) is 12.1. The van der Waals surface area contributed by atoms with Crippen molar-refractivity contribution in [1.29, 1.82) is 0 Å². The first-order valence-corrected chi connectivity index (χ1v) is 9.09. The standard InChI is InChI=1S/C13H19N2O2.C6H5.O.Os/c16-9-12-6-14-7-13(10-17)15(12)8-11-4-2-1-3-5-11;1-2-4-6-5-3-1;;/h1-5,12-13,16-17H,6-10H2;1-5H;;/q2*-1;;/t12-,13+;;;. The summed E-state index contributed by atoms with van der Waals surface area (Å²) in [5, 5.41) is 23.1. The largest absolute Gasteiger partial charge is 0.184 e. The van der Waals surface area contributed by atoms with Crippen LogP contribution < -0.4 is 0 Å². The molecule has 1 aliphatic rings. The molecule has 0 aliphatic carbocycles. The monoisotopic (exact) mass is 520 g/mol. The summed E-state index contributed by atoms with van der Waals surface area (Å²) in [6.07, 6.45) is 0. The van der Waals surface area contributed by atoms with Crippen molar-refractivity contribution in [2.75, 3.05) is 26.3 Å². The van der Waals surface area contributed by atoms with Gasteiger partial charge in [0, 0.05) is 18.6 Å². The van der Waals surface area contributed by atoms with Crippen molar-refractivity contribution < 1.29 is 32.3 Å². The zero-order valence-corrected chi connectivity index (χ0v) is 16.6. The van der Waals surface area contributed by atoms with Gasteiger partial charge in [0.1, 0.15) is 0 Å². The van der Waals surface area contributed by atoms with Crippen LogP contribution in [0.15, 0.2) is 60.7 Å². The summed E-state index contributed by atoms with van der Waals surface area (Å²) in [4.78, 5) is 2.16. The van der Waals surface area contributed by atoms with E-state index in [-0.39, 0.29) is 25.3 Å². The predicted octanol–water partition coefficient (Wildman–Crippen LogP) is 1.96. The Balaban J connectivity index is 0.000000326. The van der Waals surface area contributed by atoms with Crippen LogP contribution in [0.3, 0.4) is 0 Å². The van der Waals surface area contributed by atoms with E-state index >= 15 is 0 Å². The maximum Gasteiger partial charge on any atom is -0.171 e. The number of benzene rings is 2. The van der Waals surface area contributed by atoms with Crippen molar-refractivity contribution in [2.24, 2.45) is 0 Å². The van der Waals surface area contributed by atoms with Gasteiger partial charge in [0.05, 0.1) is 13.2 Å². The van der Waals surface area contributed by atoms with Crippen LogP contribution in [0, 0.1) is 6.07 Å². The van der Waals surface area contributed by atoms with E-state index in [2.05, 4.69) is 28.4 Å². The smallest absolute Gasteiger partial charge is 0.171 e. The molecule has 5 nitrogen and oxygen atoms in total. The molecule has 0 amide bonds. The summed E-state index contributed by atoms with van der Waals surface area (Å²) < 4.78 is 8.28. The molecule has 3 rings (SSSR count). The average Bonchev–Trinajstić information content (AvgIpc) is 2.72. The third-order valence-electron chi connectivity index (χ3n) is 3.85. The van der Waals surface area contributed by atoms with E-state index < -0.39 is 0 Å². The molecule has 2 aromatic rings. The van der Waals surface area contributed by atoms with E-state index in [1.807, 2.05) is 48.5 Å². The molecule has 2 aromatic carbocycles. The topological polar surface area (TPSA) is 74.9 Å². The predicted molar refractivity (Wildman–Crippen MR) is 92.8 cm³/mol. The van der Waals surface area contributed by atoms with E-state index in [1.54, 1.807) is 0 Å². The van der Waals surface area contributed by atoms with Gasteiger partial charge >= 0.3 is 22.1 Å². The fourth-order valence-corrected chi connectivity index (χ4v) is 2.60. The van der Waals surface area contributed by atoms with Gasteiger partial charge in [0.25, 0.3) is 0 Å². The molecule has 0 saturated carbocycles. The molecule has 2 atom stereocenters. The third-order valence-corrected chi connectivity index (χ3v) is 3.85. The maximum absolute atomic E-state index is 9.37. The number of piperazine rings is 1. The van der Waals surface area contributed by atoms with Crippen LogP contribution in [0.1, 0.15) is 5.56 Å². The first kappa shape index (κ1) is 21.8. The summed E-state index contributed by atoms with van der Waals surface area (Å²) in [6, 6.07) is 22.7. The molecular weight excluding hydrogens is 494 g/mol. The zero-order chi connectivity index (χ0) is 18.3. The molecule has 0 unspecified atom stereocenters. The van der Waals surface area contributed by atoms with Gasteiger partial charge in [-0.05, 0) is 5.56 Å². The average molecular weight is 519 g/mol. The van der Waals surface area contributed by atoms with Gasteiger partial charge < -0.3 is 15.5 Å². The number of aliphatic hydroxyl groups excluding tert-OH is 2. The Labute approximate surface area is 159 Å². The van der Waals surface area contributed by atoms with E-state index in [1.165, 1.54) is 5.56 Å². The van der Waals surface area contributed by atoms with Crippen LogP contribution in [-0.4, -0.2) is 53.5 Å². The Morgan fingerprint density at radius 3 is 1.88 bits per heavy atom. The second kappa shape index (κ2) is 13.9. The van der Waals surface area contributed by atoms with Gasteiger partial charge in [-0.3, -0.25) is 4.90 Å². The van der Waals surface area contributed by atoms with Gasteiger partial charge in [-0.15, -0.1) is 13.1 Å². The summed E-state index contributed by atoms with van der Waals surface area (Å²) in [7, 11) is 0. The zero-order valence-electron chi connectivity index (χ0n) is 14.0.